The van der Waals surface area contributed by atoms with Gasteiger partial charge in [0.25, 0.3) is 0 Å². The molecule has 1 heterocycles. The van der Waals surface area contributed by atoms with Gasteiger partial charge in [-0.2, -0.15) is 0 Å². The van der Waals surface area contributed by atoms with Gasteiger partial charge in [0.05, 0.1) is 13.7 Å². The van der Waals surface area contributed by atoms with Crippen LogP contribution in [0.15, 0.2) is 28.7 Å². The van der Waals surface area contributed by atoms with Crippen molar-refractivity contribution in [2.24, 2.45) is 0 Å². The third-order valence-corrected chi connectivity index (χ3v) is 2.89. The molecule has 0 bridgehead atoms. The number of ether oxygens (including phenoxy) is 2. The van der Waals surface area contributed by atoms with E-state index in [1.54, 1.807) is 14.0 Å². The van der Waals surface area contributed by atoms with Crippen LogP contribution in [0.5, 0.6) is 11.5 Å². The monoisotopic (exact) mass is 305 g/mol. The topological polar surface area (TPSA) is 86.5 Å². The van der Waals surface area contributed by atoms with Crippen LogP contribution in [0.4, 0.5) is 0 Å². The molecule has 0 saturated carbocycles. The minimum Gasteiger partial charge on any atom is -0.497 e. The van der Waals surface area contributed by atoms with E-state index in [1.807, 2.05) is 24.3 Å². The molecule has 1 N–H and O–H groups in total. The zero-order chi connectivity index (χ0) is 15.8. The number of aromatic nitrogens is 2. The second kappa shape index (κ2) is 8.02. The van der Waals surface area contributed by atoms with Gasteiger partial charge in [-0.25, -0.2) is 0 Å². The minimum absolute atomic E-state index is 0.0748. The Kier molecular flexibility index (Phi) is 5.76. The average Bonchev–Trinajstić information content (AvgIpc) is 2.96. The fourth-order valence-electron chi connectivity index (χ4n) is 1.78. The lowest BCUT2D eigenvalue weighted by Crippen LogP contribution is -2.28. The van der Waals surface area contributed by atoms with Crippen LogP contribution in [0.3, 0.4) is 0 Å². The summed E-state index contributed by atoms with van der Waals surface area (Å²) in [5.74, 6) is 2.41. The molecule has 7 heteroatoms. The van der Waals surface area contributed by atoms with E-state index in [9.17, 15) is 4.79 Å². The highest BCUT2D eigenvalue weighted by Crippen LogP contribution is 2.16. The Labute approximate surface area is 128 Å². The molecule has 0 aliphatic heterocycles. The van der Waals surface area contributed by atoms with Crippen molar-refractivity contribution >= 4 is 5.91 Å². The number of nitrogens with one attached hydrogen (secondary N) is 1. The first-order valence-electron chi connectivity index (χ1n) is 7.00. The minimum atomic E-state index is -0.0748. The number of hydrogen-bond donors (Lipinski definition) is 1. The van der Waals surface area contributed by atoms with Crippen molar-refractivity contribution in [2.45, 2.75) is 19.8 Å². The van der Waals surface area contributed by atoms with E-state index in [-0.39, 0.29) is 5.91 Å². The first-order valence-corrected chi connectivity index (χ1v) is 7.00. The van der Waals surface area contributed by atoms with Crippen molar-refractivity contribution in [3.05, 3.63) is 36.0 Å². The van der Waals surface area contributed by atoms with Crippen LogP contribution in [-0.2, 0) is 11.2 Å². The summed E-state index contributed by atoms with van der Waals surface area (Å²) >= 11 is 0. The highest BCUT2D eigenvalue weighted by atomic mass is 16.5. The van der Waals surface area contributed by atoms with Crippen LogP contribution >= 0.6 is 0 Å². The molecule has 7 nitrogen and oxygen atoms in total. The Morgan fingerprint density at radius 3 is 2.59 bits per heavy atom. The third-order valence-electron chi connectivity index (χ3n) is 2.89. The molecule has 2 aromatic rings. The summed E-state index contributed by atoms with van der Waals surface area (Å²) in [7, 11) is 1.61. The molecule has 1 amide bonds. The van der Waals surface area contributed by atoms with E-state index in [0.717, 1.165) is 11.5 Å². The van der Waals surface area contributed by atoms with Gasteiger partial charge in [0.2, 0.25) is 17.7 Å². The predicted octanol–water partition coefficient (Wildman–Crippen LogP) is 1.51. The van der Waals surface area contributed by atoms with Gasteiger partial charge in [-0.3, -0.25) is 4.79 Å². The zero-order valence-corrected chi connectivity index (χ0v) is 12.7. The van der Waals surface area contributed by atoms with Gasteiger partial charge in [-0.15, -0.1) is 10.2 Å². The quantitative estimate of drug-likeness (QED) is 0.744. The van der Waals surface area contributed by atoms with Crippen LogP contribution in [0, 0.1) is 6.92 Å². The lowest BCUT2D eigenvalue weighted by molar-refractivity contribution is -0.121. The van der Waals surface area contributed by atoms with E-state index in [1.165, 1.54) is 0 Å². The van der Waals surface area contributed by atoms with Crippen molar-refractivity contribution in [3.63, 3.8) is 0 Å². The fraction of sp³-hybridized carbons (Fsp3) is 0.400. The largest absolute Gasteiger partial charge is 0.497 e. The Bertz CT molecular complexity index is 595. The van der Waals surface area contributed by atoms with Crippen molar-refractivity contribution < 1.29 is 18.7 Å². The molecule has 0 unspecified atom stereocenters. The van der Waals surface area contributed by atoms with Crippen LogP contribution in [0.1, 0.15) is 18.2 Å². The Hall–Kier alpha value is -2.57. The lowest BCUT2D eigenvalue weighted by Gasteiger charge is -2.08. The van der Waals surface area contributed by atoms with Gasteiger partial charge in [0.1, 0.15) is 18.1 Å². The van der Waals surface area contributed by atoms with Crippen molar-refractivity contribution in [2.75, 3.05) is 20.3 Å². The molecule has 118 valence electrons. The second-order valence-corrected chi connectivity index (χ2v) is 4.59. The summed E-state index contributed by atoms with van der Waals surface area (Å²) in [5, 5.41) is 10.3. The SMILES string of the molecule is COc1ccc(OCCNC(=O)CCc2nnc(C)o2)cc1. The molecule has 0 saturated heterocycles. The van der Waals surface area contributed by atoms with Gasteiger partial charge in [-0.1, -0.05) is 0 Å². The molecule has 0 aliphatic carbocycles. The first-order chi connectivity index (χ1) is 10.7. The normalized spacial score (nSPS) is 10.3. The summed E-state index contributed by atoms with van der Waals surface area (Å²) in [5.41, 5.74) is 0. The number of benzene rings is 1. The Morgan fingerprint density at radius 2 is 1.95 bits per heavy atom. The standard InChI is InChI=1S/C15H19N3O4/c1-11-17-18-15(22-11)8-7-14(19)16-9-10-21-13-5-3-12(20-2)4-6-13/h3-6H,7-10H2,1-2H3,(H,16,19). The summed E-state index contributed by atoms with van der Waals surface area (Å²) in [6, 6.07) is 7.28. The fourth-order valence-corrected chi connectivity index (χ4v) is 1.78. The zero-order valence-electron chi connectivity index (χ0n) is 12.7. The van der Waals surface area contributed by atoms with Crippen LogP contribution < -0.4 is 14.8 Å². The summed E-state index contributed by atoms with van der Waals surface area (Å²) in [6.45, 7) is 2.55. The molecule has 0 fully saturated rings. The maximum absolute atomic E-state index is 11.6. The molecular formula is C15H19N3O4. The molecule has 0 aliphatic rings. The van der Waals surface area contributed by atoms with Gasteiger partial charge >= 0.3 is 0 Å². The van der Waals surface area contributed by atoms with Crippen LogP contribution in [0.2, 0.25) is 0 Å². The van der Waals surface area contributed by atoms with Crippen molar-refractivity contribution in [1.82, 2.24) is 15.5 Å². The molecule has 1 aromatic carbocycles. The highest BCUT2D eigenvalue weighted by molar-refractivity contribution is 5.75. The summed E-state index contributed by atoms with van der Waals surface area (Å²) < 4.78 is 15.8. The van der Waals surface area contributed by atoms with Crippen molar-refractivity contribution in [1.29, 1.82) is 0 Å². The third kappa shape index (κ3) is 5.08. The van der Waals surface area contributed by atoms with E-state index >= 15 is 0 Å². The molecule has 0 radical (unpaired) electrons. The van der Waals surface area contributed by atoms with Crippen LogP contribution in [-0.4, -0.2) is 36.4 Å². The van der Waals surface area contributed by atoms with Gasteiger partial charge in [0.15, 0.2) is 0 Å². The predicted molar refractivity (Wildman–Crippen MR) is 78.9 cm³/mol. The van der Waals surface area contributed by atoms with Gasteiger partial charge < -0.3 is 19.2 Å². The van der Waals surface area contributed by atoms with E-state index < -0.39 is 0 Å². The van der Waals surface area contributed by atoms with E-state index in [2.05, 4.69) is 15.5 Å². The lowest BCUT2D eigenvalue weighted by atomic mass is 10.3. The maximum atomic E-state index is 11.6. The molecule has 1 aromatic heterocycles. The first kappa shape index (κ1) is 15.8. The number of nitrogens with zero attached hydrogens (tertiary/aromatic N) is 2. The maximum Gasteiger partial charge on any atom is 0.220 e. The average molecular weight is 305 g/mol. The second-order valence-electron chi connectivity index (χ2n) is 4.59. The highest BCUT2D eigenvalue weighted by Gasteiger charge is 2.06. The van der Waals surface area contributed by atoms with Gasteiger partial charge in [-0.05, 0) is 24.3 Å². The Balaban J connectivity index is 1.60. The number of carbonyl (C=O) groups is 1. The molecule has 0 spiro atoms. The number of rotatable bonds is 8. The smallest absolute Gasteiger partial charge is 0.220 e. The van der Waals surface area contributed by atoms with Gasteiger partial charge in [0, 0.05) is 19.8 Å². The van der Waals surface area contributed by atoms with E-state index in [0.29, 0.717) is 37.8 Å². The number of aryl methyl sites for hydroxylation is 2. The van der Waals surface area contributed by atoms with E-state index in [4.69, 9.17) is 13.9 Å². The number of amides is 1. The Morgan fingerprint density at radius 1 is 1.23 bits per heavy atom. The number of carbonyl (C=O) groups excluding carboxylic acids is 1. The number of methoxy groups -OCH3 is 1. The molecule has 2 rings (SSSR count). The molecule has 22 heavy (non-hydrogen) atoms. The molecular weight excluding hydrogens is 286 g/mol. The number of hydrogen-bond acceptors (Lipinski definition) is 6. The van der Waals surface area contributed by atoms with Crippen molar-refractivity contribution in [3.8, 4) is 11.5 Å². The molecule has 0 atom stereocenters. The summed E-state index contributed by atoms with van der Waals surface area (Å²) in [4.78, 5) is 11.6. The van der Waals surface area contributed by atoms with Crippen LogP contribution in [0.25, 0.3) is 0 Å². The summed E-state index contributed by atoms with van der Waals surface area (Å²) in [6.07, 6.45) is 0.746.